The van der Waals surface area contributed by atoms with Crippen LogP contribution in [-0.2, 0) is 0 Å². The second-order valence-corrected chi connectivity index (χ2v) is 7.45. The van der Waals surface area contributed by atoms with Gasteiger partial charge in [-0.15, -0.1) is 0 Å². The van der Waals surface area contributed by atoms with Crippen LogP contribution in [0, 0.1) is 17.5 Å². The summed E-state index contributed by atoms with van der Waals surface area (Å²) in [6.45, 7) is 0. The van der Waals surface area contributed by atoms with E-state index >= 15 is 0 Å². The van der Waals surface area contributed by atoms with Gasteiger partial charge in [-0.1, -0.05) is 0 Å². The van der Waals surface area contributed by atoms with Crippen molar-refractivity contribution in [3.05, 3.63) is 68.4 Å². The monoisotopic (exact) mass is 388 g/mol. The first-order valence-corrected chi connectivity index (χ1v) is 9.11. The lowest BCUT2D eigenvalue weighted by molar-refractivity contribution is 0.583. The molecule has 0 atom stereocenters. The van der Waals surface area contributed by atoms with Crippen LogP contribution in [-0.4, -0.2) is 8.94 Å². The highest BCUT2D eigenvalue weighted by Crippen LogP contribution is 2.40. The lowest BCUT2D eigenvalue weighted by atomic mass is 10.0. The molecule has 2 heterocycles. The Hall–Kier alpha value is -2.87. The van der Waals surface area contributed by atoms with Crippen molar-refractivity contribution in [2.75, 3.05) is 0 Å². The molecule has 0 radical (unpaired) electrons. The van der Waals surface area contributed by atoms with Gasteiger partial charge in [0.05, 0.1) is 5.52 Å². The van der Waals surface area contributed by atoms with Gasteiger partial charge in [-0.3, -0.25) is 14.0 Å². The van der Waals surface area contributed by atoms with Gasteiger partial charge in [-0.2, -0.15) is 0 Å². The van der Waals surface area contributed by atoms with E-state index in [0.29, 0.717) is 16.4 Å². The van der Waals surface area contributed by atoms with Crippen molar-refractivity contribution in [3.63, 3.8) is 0 Å². The average Bonchev–Trinajstić information content (AvgIpc) is 3.37. The number of aromatic amines is 1. The van der Waals surface area contributed by atoms with Crippen molar-refractivity contribution in [1.82, 2.24) is 8.94 Å². The summed E-state index contributed by atoms with van der Waals surface area (Å²) in [5, 5.41) is 0.0970. The molecular weight excluding hydrogens is 377 g/mol. The van der Waals surface area contributed by atoms with Crippen LogP contribution in [0.15, 0.2) is 39.9 Å². The summed E-state index contributed by atoms with van der Waals surface area (Å²) in [4.78, 5) is 25.3. The van der Waals surface area contributed by atoms with Gasteiger partial charge >= 0.3 is 0 Å². The van der Waals surface area contributed by atoms with Gasteiger partial charge in [-0.05, 0) is 54.2 Å². The third-order valence-corrected chi connectivity index (χ3v) is 5.68. The molecule has 2 aromatic heterocycles. The van der Waals surface area contributed by atoms with E-state index in [1.165, 1.54) is 6.07 Å². The first-order chi connectivity index (χ1) is 12.9. The number of aromatic nitrogens is 2. The van der Waals surface area contributed by atoms with E-state index in [4.69, 9.17) is 0 Å². The molecular formula is C19H11F3N2O2S. The lowest BCUT2D eigenvalue weighted by Crippen LogP contribution is -2.15. The average molecular weight is 388 g/mol. The van der Waals surface area contributed by atoms with E-state index in [1.54, 1.807) is 0 Å². The van der Waals surface area contributed by atoms with E-state index in [-0.39, 0.29) is 27.9 Å². The smallest absolute Gasteiger partial charge is 0.271 e. The Balaban J connectivity index is 1.93. The van der Waals surface area contributed by atoms with Crippen LogP contribution in [0.3, 0.4) is 0 Å². The Kier molecular flexibility index (Phi) is 3.36. The SMILES string of the molecule is O=c1[nH]sc2c1c(=O)c1cc(F)c(-c3cc(F)cc(F)c3)cc1n2C1CC1. The topological polar surface area (TPSA) is 54.9 Å². The van der Waals surface area contributed by atoms with Gasteiger partial charge in [-0.25, -0.2) is 13.2 Å². The quantitative estimate of drug-likeness (QED) is 0.556. The van der Waals surface area contributed by atoms with Gasteiger partial charge in [0.2, 0.25) is 5.43 Å². The number of benzene rings is 2. The second-order valence-electron chi connectivity index (χ2n) is 6.65. The third-order valence-electron chi connectivity index (χ3n) is 4.80. The fourth-order valence-electron chi connectivity index (χ4n) is 3.48. The number of rotatable bonds is 2. The molecule has 1 aliphatic carbocycles. The predicted molar refractivity (Wildman–Crippen MR) is 97.8 cm³/mol. The van der Waals surface area contributed by atoms with Crippen molar-refractivity contribution in [2.24, 2.45) is 0 Å². The first-order valence-electron chi connectivity index (χ1n) is 8.29. The molecule has 0 unspecified atom stereocenters. The first kappa shape index (κ1) is 16.3. The maximum absolute atomic E-state index is 14.7. The van der Waals surface area contributed by atoms with E-state index in [1.807, 2.05) is 4.57 Å². The summed E-state index contributed by atoms with van der Waals surface area (Å²) in [6.07, 6.45) is 1.75. The van der Waals surface area contributed by atoms with Crippen LogP contribution >= 0.6 is 11.5 Å². The number of hydrogen-bond donors (Lipinski definition) is 1. The van der Waals surface area contributed by atoms with Crippen molar-refractivity contribution in [3.8, 4) is 11.1 Å². The number of nitrogens with one attached hydrogen (secondary N) is 1. The molecule has 1 fully saturated rings. The number of nitrogens with zero attached hydrogens (tertiary/aromatic N) is 1. The highest BCUT2D eigenvalue weighted by atomic mass is 32.1. The maximum Gasteiger partial charge on any atom is 0.271 e. The minimum Gasteiger partial charge on any atom is -0.328 e. The summed E-state index contributed by atoms with van der Waals surface area (Å²) in [5.74, 6) is -2.41. The summed E-state index contributed by atoms with van der Waals surface area (Å²) in [6, 6.07) is 5.38. The molecule has 5 rings (SSSR count). The highest BCUT2D eigenvalue weighted by molar-refractivity contribution is 7.12. The fraction of sp³-hybridized carbons (Fsp3) is 0.158. The molecule has 2 aromatic carbocycles. The van der Waals surface area contributed by atoms with E-state index < -0.39 is 28.4 Å². The summed E-state index contributed by atoms with van der Waals surface area (Å²) < 4.78 is 46.4. The predicted octanol–water partition coefficient (Wildman–Crippen LogP) is 4.32. The zero-order valence-electron chi connectivity index (χ0n) is 13.7. The zero-order chi connectivity index (χ0) is 18.9. The van der Waals surface area contributed by atoms with Crippen LogP contribution in [0.2, 0.25) is 0 Å². The van der Waals surface area contributed by atoms with E-state index in [2.05, 4.69) is 4.37 Å². The number of hydrogen-bond acceptors (Lipinski definition) is 3. The summed E-state index contributed by atoms with van der Waals surface area (Å²) in [7, 11) is 0. The molecule has 0 bridgehead atoms. The molecule has 4 nitrogen and oxygen atoms in total. The van der Waals surface area contributed by atoms with Gasteiger partial charge in [0.15, 0.2) is 0 Å². The standard InChI is InChI=1S/C19H11F3N2O2S/c20-9-3-8(4-10(21)5-9)12-7-15-13(6-14(12)22)17(25)16-18(26)23-27-19(16)24(15)11-1-2-11/h3-7,11H,1-2H2,(H,23,26). The second kappa shape index (κ2) is 5.56. The lowest BCUT2D eigenvalue weighted by Gasteiger charge is -2.13. The minimum atomic E-state index is -0.816. The molecule has 1 N–H and O–H groups in total. The van der Waals surface area contributed by atoms with Crippen molar-refractivity contribution in [1.29, 1.82) is 0 Å². The third kappa shape index (κ3) is 2.43. The number of halogens is 3. The largest absolute Gasteiger partial charge is 0.328 e. The molecule has 27 heavy (non-hydrogen) atoms. The molecule has 8 heteroatoms. The van der Waals surface area contributed by atoms with Crippen LogP contribution in [0.4, 0.5) is 13.2 Å². The maximum atomic E-state index is 14.7. The van der Waals surface area contributed by atoms with Gasteiger partial charge in [0.1, 0.15) is 27.7 Å². The number of H-pyrrole nitrogens is 1. The van der Waals surface area contributed by atoms with E-state index in [9.17, 15) is 22.8 Å². The summed E-state index contributed by atoms with van der Waals surface area (Å²) in [5.41, 5.74) is -0.546. The molecule has 4 aromatic rings. The van der Waals surface area contributed by atoms with Gasteiger partial charge < -0.3 is 4.57 Å². The normalized spacial score (nSPS) is 14.3. The van der Waals surface area contributed by atoms with Crippen molar-refractivity contribution in [2.45, 2.75) is 18.9 Å². The Morgan fingerprint density at radius 1 is 1.00 bits per heavy atom. The van der Waals surface area contributed by atoms with Crippen LogP contribution in [0.1, 0.15) is 18.9 Å². The molecule has 1 saturated carbocycles. The number of fused-ring (bicyclic) bond motifs is 2. The molecule has 0 amide bonds. The Bertz CT molecular complexity index is 1350. The van der Waals surface area contributed by atoms with Gasteiger partial charge in [0, 0.05) is 23.1 Å². The minimum absolute atomic E-state index is 0.00284. The highest BCUT2D eigenvalue weighted by Gasteiger charge is 2.29. The summed E-state index contributed by atoms with van der Waals surface area (Å²) >= 11 is 1.06. The molecule has 0 saturated heterocycles. The van der Waals surface area contributed by atoms with Crippen LogP contribution in [0.25, 0.3) is 32.2 Å². The fourth-order valence-corrected chi connectivity index (χ4v) is 4.40. The van der Waals surface area contributed by atoms with Gasteiger partial charge in [0.25, 0.3) is 5.56 Å². The van der Waals surface area contributed by atoms with E-state index in [0.717, 1.165) is 42.6 Å². The van der Waals surface area contributed by atoms with Crippen molar-refractivity contribution >= 4 is 32.7 Å². The zero-order valence-corrected chi connectivity index (χ0v) is 14.5. The molecule has 1 aliphatic rings. The molecule has 0 aliphatic heterocycles. The Morgan fingerprint density at radius 3 is 2.37 bits per heavy atom. The number of pyridine rings is 1. The van der Waals surface area contributed by atoms with Crippen LogP contribution < -0.4 is 11.0 Å². The Morgan fingerprint density at radius 2 is 1.70 bits per heavy atom. The molecule has 136 valence electrons. The van der Waals surface area contributed by atoms with Crippen LogP contribution in [0.5, 0.6) is 0 Å². The van der Waals surface area contributed by atoms with Crippen molar-refractivity contribution < 1.29 is 13.2 Å². The molecule has 0 spiro atoms. The Labute approximate surface area is 153 Å².